The van der Waals surface area contributed by atoms with Crippen LogP contribution in [0.2, 0.25) is 0 Å². The number of aryl methyl sites for hydroxylation is 1. The van der Waals surface area contributed by atoms with E-state index in [0.29, 0.717) is 6.42 Å². The Balaban J connectivity index is 2.16. The largest absolute Gasteiger partial charge is 0.481 e. The minimum Gasteiger partial charge on any atom is -0.481 e. The SMILES string of the molecule is Cc1ncnn1-c1ccc(CC(C)C(=O)O)cc1. The zero-order chi connectivity index (χ0) is 13.1. The normalized spacial score (nSPS) is 12.3. The second-order valence-electron chi connectivity index (χ2n) is 4.33. The molecule has 1 unspecified atom stereocenters. The number of carboxylic acids is 1. The van der Waals surface area contributed by atoms with Gasteiger partial charge in [-0.3, -0.25) is 4.79 Å². The van der Waals surface area contributed by atoms with Gasteiger partial charge in [0.15, 0.2) is 0 Å². The van der Waals surface area contributed by atoms with Crippen LogP contribution >= 0.6 is 0 Å². The number of hydrogen-bond donors (Lipinski definition) is 1. The first kappa shape index (κ1) is 12.3. The van der Waals surface area contributed by atoms with Crippen molar-refractivity contribution in [3.63, 3.8) is 0 Å². The van der Waals surface area contributed by atoms with Gasteiger partial charge in [-0.2, -0.15) is 5.10 Å². The van der Waals surface area contributed by atoms with Crippen molar-refractivity contribution in [2.24, 2.45) is 5.92 Å². The lowest BCUT2D eigenvalue weighted by Gasteiger charge is -2.08. The molecule has 0 aliphatic heterocycles. The Kier molecular flexibility index (Phi) is 3.41. The summed E-state index contributed by atoms with van der Waals surface area (Å²) in [6.45, 7) is 3.59. The maximum absolute atomic E-state index is 10.8. The molecule has 94 valence electrons. The summed E-state index contributed by atoms with van der Waals surface area (Å²) < 4.78 is 1.74. The molecule has 2 aromatic rings. The van der Waals surface area contributed by atoms with Crippen molar-refractivity contribution in [3.05, 3.63) is 42.0 Å². The highest BCUT2D eigenvalue weighted by molar-refractivity contribution is 5.69. The van der Waals surface area contributed by atoms with E-state index in [9.17, 15) is 4.79 Å². The second kappa shape index (κ2) is 5.00. The average molecular weight is 245 g/mol. The first-order valence-corrected chi connectivity index (χ1v) is 5.76. The van der Waals surface area contributed by atoms with Crippen LogP contribution in [0.3, 0.4) is 0 Å². The van der Waals surface area contributed by atoms with Gasteiger partial charge in [0.05, 0.1) is 11.6 Å². The fraction of sp³-hybridized carbons (Fsp3) is 0.308. The van der Waals surface area contributed by atoms with Crippen LogP contribution in [0.15, 0.2) is 30.6 Å². The molecule has 0 bridgehead atoms. The van der Waals surface area contributed by atoms with Crippen LogP contribution in [0.1, 0.15) is 18.3 Å². The zero-order valence-electron chi connectivity index (χ0n) is 10.4. The number of benzene rings is 1. The van der Waals surface area contributed by atoms with Crippen LogP contribution < -0.4 is 0 Å². The van der Waals surface area contributed by atoms with E-state index >= 15 is 0 Å². The van der Waals surface area contributed by atoms with Crippen molar-refractivity contribution in [1.82, 2.24) is 14.8 Å². The van der Waals surface area contributed by atoms with E-state index in [1.54, 1.807) is 11.6 Å². The molecule has 18 heavy (non-hydrogen) atoms. The Bertz CT molecular complexity index is 546. The van der Waals surface area contributed by atoms with Crippen molar-refractivity contribution in [3.8, 4) is 5.69 Å². The average Bonchev–Trinajstić information content (AvgIpc) is 2.76. The molecule has 0 fully saturated rings. The molecular formula is C13H15N3O2. The molecule has 0 amide bonds. The van der Waals surface area contributed by atoms with E-state index in [1.807, 2.05) is 31.2 Å². The summed E-state index contributed by atoms with van der Waals surface area (Å²) in [4.78, 5) is 14.8. The van der Waals surface area contributed by atoms with Gasteiger partial charge in [0.25, 0.3) is 0 Å². The second-order valence-corrected chi connectivity index (χ2v) is 4.33. The number of hydrogen-bond acceptors (Lipinski definition) is 3. The summed E-state index contributed by atoms with van der Waals surface area (Å²) in [7, 11) is 0. The number of carbonyl (C=O) groups is 1. The first-order chi connectivity index (χ1) is 8.58. The quantitative estimate of drug-likeness (QED) is 0.892. The molecule has 5 heteroatoms. The fourth-order valence-electron chi connectivity index (χ4n) is 1.77. The third kappa shape index (κ3) is 2.56. The van der Waals surface area contributed by atoms with Crippen molar-refractivity contribution in [2.75, 3.05) is 0 Å². The van der Waals surface area contributed by atoms with Crippen LogP contribution in [0, 0.1) is 12.8 Å². The monoisotopic (exact) mass is 245 g/mol. The summed E-state index contributed by atoms with van der Waals surface area (Å²) in [6.07, 6.45) is 2.04. The lowest BCUT2D eigenvalue weighted by atomic mass is 10.0. The van der Waals surface area contributed by atoms with Crippen molar-refractivity contribution >= 4 is 5.97 Å². The topological polar surface area (TPSA) is 68.0 Å². The molecule has 1 atom stereocenters. The highest BCUT2D eigenvalue weighted by atomic mass is 16.4. The number of carboxylic acid groups (broad SMARTS) is 1. The lowest BCUT2D eigenvalue weighted by Crippen LogP contribution is -2.12. The van der Waals surface area contributed by atoms with Crippen LogP contribution in [-0.2, 0) is 11.2 Å². The van der Waals surface area contributed by atoms with Gasteiger partial charge in [-0.25, -0.2) is 9.67 Å². The number of aliphatic carboxylic acids is 1. The van der Waals surface area contributed by atoms with E-state index in [0.717, 1.165) is 17.1 Å². The number of nitrogens with zero attached hydrogens (tertiary/aromatic N) is 3. The summed E-state index contributed by atoms with van der Waals surface area (Å²) in [5.41, 5.74) is 1.93. The van der Waals surface area contributed by atoms with Gasteiger partial charge >= 0.3 is 5.97 Å². The maximum Gasteiger partial charge on any atom is 0.306 e. The standard InChI is InChI=1S/C13H15N3O2/c1-9(13(17)18)7-11-3-5-12(6-4-11)16-10(2)14-8-15-16/h3-6,8-9H,7H2,1-2H3,(H,17,18). The van der Waals surface area contributed by atoms with Crippen molar-refractivity contribution < 1.29 is 9.90 Å². The first-order valence-electron chi connectivity index (χ1n) is 5.76. The highest BCUT2D eigenvalue weighted by Gasteiger charge is 2.11. The third-order valence-corrected chi connectivity index (χ3v) is 2.86. The summed E-state index contributed by atoms with van der Waals surface area (Å²) in [6, 6.07) is 7.70. The predicted molar refractivity (Wildman–Crippen MR) is 66.6 cm³/mol. The molecule has 0 spiro atoms. The van der Waals surface area contributed by atoms with E-state index in [2.05, 4.69) is 10.1 Å². The molecule has 5 nitrogen and oxygen atoms in total. The molecule has 1 aromatic heterocycles. The van der Waals surface area contributed by atoms with Crippen molar-refractivity contribution in [1.29, 1.82) is 0 Å². The number of aromatic nitrogens is 3. The minimum atomic E-state index is -0.772. The zero-order valence-corrected chi connectivity index (χ0v) is 10.4. The molecule has 0 saturated carbocycles. The van der Waals surface area contributed by atoms with Gasteiger partial charge in [0.1, 0.15) is 12.2 Å². The van der Waals surface area contributed by atoms with Gasteiger partial charge in [-0.1, -0.05) is 19.1 Å². The maximum atomic E-state index is 10.8. The molecule has 0 saturated heterocycles. The van der Waals surface area contributed by atoms with Crippen LogP contribution in [0.25, 0.3) is 5.69 Å². The van der Waals surface area contributed by atoms with E-state index < -0.39 is 5.97 Å². The van der Waals surface area contributed by atoms with Gasteiger partial charge in [0.2, 0.25) is 0 Å². The smallest absolute Gasteiger partial charge is 0.306 e. The van der Waals surface area contributed by atoms with Crippen LogP contribution in [0.4, 0.5) is 0 Å². The summed E-state index contributed by atoms with van der Waals surface area (Å²) in [5, 5.41) is 13.0. The van der Waals surface area contributed by atoms with Gasteiger partial charge in [-0.15, -0.1) is 0 Å². The van der Waals surface area contributed by atoms with Crippen LogP contribution in [-0.4, -0.2) is 25.8 Å². The van der Waals surface area contributed by atoms with E-state index in [4.69, 9.17) is 5.11 Å². The van der Waals surface area contributed by atoms with Crippen LogP contribution in [0.5, 0.6) is 0 Å². The Hall–Kier alpha value is -2.17. The molecule has 0 radical (unpaired) electrons. The Morgan fingerprint density at radius 3 is 2.56 bits per heavy atom. The Morgan fingerprint density at radius 1 is 1.39 bits per heavy atom. The number of rotatable bonds is 4. The molecule has 1 N–H and O–H groups in total. The molecule has 0 aliphatic rings. The fourth-order valence-corrected chi connectivity index (χ4v) is 1.77. The molecule has 1 aromatic carbocycles. The molecule has 2 rings (SSSR count). The van der Waals surface area contributed by atoms with E-state index in [1.165, 1.54) is 6.33 Å². The molecular weight excluding hydrogens is 230 g/mol. The van der Waals surface area contributed by atoms with Gasteiger partial charge in [-0.05, 0) is 31.0 Å². The summed E-state index contributed by atoms with van der Waals surface area (Å²) in [5.74, 6) is -0.322. The third-order valence-electron chi connectivity index (χ3n) is 2.86. The van der Waals surface area contributed by atoms with Gasteiger partial charge in [0, 0.05) is 0 Å². The highest BCUT2D eigenvalue weighted by Crippen LogP contribution is 2.13. The Morgan fingerprint density at radius 2 is 2.06 bits per heavy atom. The minimum absolute atomic E-state index is 0.371. The molecule has 1 heterocycles. The lowest BCUT2D eigenvalue weighted by molar-refractivity contribution is -0.141. The summed E-state index contributed by atoms with van der Waals surface area (Å²) >= 11 is 0. The van der Waals surface area contributed by atoms with E-state index in [-0.39, 0.29) is 5.92 Å². The van der Waals surface area contributed by atoms with Gasteiger partial charge < -0.3 is 5.11 Å². The Labute approximate surface area is 105 Å². The predicted octanol–water partition coefficient (Wildman–Crippen LogP) is 1.84. The van der Waals surface area contributed by atoms with Crippen molar-refractivity contribution in [2.45, 2.75) is 20.3 Å². The molecule has 0 aliphatic carbocycles.